The second-order valence-corrected chi connectivity index (χ2v) is 18.1. The van der Waals surface area contributed by atoms with E-state index < -0.39 is 25.7 Å². The summed E-state index contributed by atoms with van der Waals surface area (Å²) in [6.45, 7) is 10.6. The second-order valence-electron chi connectivity index (χ2n) is 10.7. The number of hydrogen-bond donors (Lipinski definition) is 2. The van der Waals surface area contributed by atoms with Gasteiger partial charge in [-0.1, -0.05) is 37.3 Å². The zero-order chi connectivity index (χ0) is 29.7. The van der Waals surface area contributed by atoms with E-state index >= 15 is 0 Å². The topological polar surface area (TPSA) is 67.4 Å². The minimum atomic E-state index is -4.43. The van der Waals surface area contributed by atoms with Gasteiger partial charge in [0.05, 0.1) is 29.8 Å². The maximum Gasteiger partial charge on any atom is 0.416 e. The Bertz CT molecular complexity index is 1360. The first-order valence-corrected chi connectivity index (χ1v) is 17.8. The minimum absolute atomic E-state index is 0.0631. The zero-order valence-corrected chi connectivity index (χ0v) is 25.5. The first kappa shape index (κ1) is 31.6. The number of carbonyl (C=O) groups is 2. The molecule has 3 aromatic carbocycles. The molecule has 3 aromatic rings. The molecule has 40 heavy (non-hydrogen) atoms. The monoisotopic (exact) mass is 608 g/mol. The highest BCUT2D eigenvalue weighted by molar-refractivity contribution is 8.00. The molecular formula is C29H32ClF3N2O3SSi. The molecule has 0 saturated carbocycles. The number of ether oxygens (including phenoxy) is 1. The van der Waals surface area contributed by atoms with Crippen molar-refractivity contribution in [3.05, 3.63) is 87.9 Å². The number of alkyl halides is 3. The third kappa shape index (κ3) is 9.04. The van der Waals surface area contributed by atoms with Crippen LogP contribution in [0.2, 0.25) is 24.7 Å². The van der Waals surface area contributed by atoms with E-state index in [0.717, 1.165) is 23.3 Å². The van der Waals surface area contributed by atoms with Crippen LogP contribution in [0.5, 0.6) is 11.5 Å². The summed E-state index contributed by atoms with van der Waals surface area (Å²) in [6.07, 6.45) is -4.43. The number of aryl methyl sites for hydroxylation is 1. The fraction of sp³-hybridized carbons (Fsp3) is 0.310. The first-order valence-electron chi connectivity index (χ1n) is 12.6. The summed E-state index contributed by atoms with van der Waals surface area (Å²) >= 11 is 8.18. The van der Waals surface area contributed by atoms with Crippen LogP contribution in [0.1, 0.15) is 38.8 Å². The number of nitrogens with one attached hydrogen (secondary N) is 2. The van der Waals surface area contributed by atoms with E-state index in [2.05, 4.69) is 30.3 Å². The number of thioether (sulfide) groups is 1. The Balaban J connectivity index is 1.70. The van der Waals surface area contributed by atoms with E-state index in [-0.39, 0.29) is 33.8 Å². The molecule has 5 nitrogen and oxygen atoms in total. The molecule has 0 aliphatic heterocycles. The molecule has 0 aliphatic rings. The van der Waals surface area contributed by atoms with Crippen LogP contribution in [0, 0.1) is 6.92 Å². The van der Waals surface area contributed by atoms with Gasteiger partial charge in [-0.3, -0.25) is 9.59 Å². The van der Waals surface area contributed by atoms with Crippen molar-refractivity contribution in [1.29, 1.82) is 0 Å². The Morgan fingerprint density at radius 1 is 1.00 bits per heavy atom. The molecule has 2 amide bonds. The summed E-state index contributed by atoms with van der Waals surface area (Å²) in [5.74, 6) is 0.456. The summed E-state index contributed by atoms with van der Waals surface area (Å²) in [7, 11) is -1.20. The van der Waals surface area contributed by atoms with E-state index in [1.54, 1.807) is 43.3 Å². The van der Waals surface area contributed by atoms with Gasteiger partial charge in [0.2, 0.25) is 0 Å². The molecule has 1 atom stereocenters. The maximum atomic E-state index is 13.3. The summed E-state index contributed by atoms with van der Waals surface area (Å²) < 4.78 is 44.1. The number of amides is 2. The zero-order valence-electron chi connectivity index (χ0n) is 22.9. The van der Waals surface area contributed by atoms with E-state index in [9.17, 15) is 22.8 Å². The molecular weight excluding hydrogens is 577 g/mol. The van der Waals surface area contributed by atoms with Gasteiger partial charge in [-0.05, 0) is 79.4 Å². The number of hydrogen-bond acceptors (Lipinski definition) is 4. The molecule has 214 valence electrons. The van der Waals surface area contributed by atoms with E-state index in [1.807, 2.05) is 18.7 Å². The smallest absolute Gasteiger partial charge is 0.416 e. The minimum Gasteiger partial charge on any atom is -0.457 e. The van der Waals surface area contributed by atoms with Gasteiger partial charge in [-0.25, -0.2) is 0 Å². The van der Waals surface area contributed by atoms with Crippen molar-refractivity contribution in [3.8, 4) is 11.5 Å². The fourth-order valence-electron chi connectivity index (χ4n) is 3.70. The van der Waals surface area contributed by atoms with Gasteiger partial charge in [0.1, 0.15) is 11.5 Å². The molecule has 0 radical (unpaired) electrons. The van der Waals surface area contributed by atoms with Crippen LogP contribution in [-0.4, -0.2) is 37.1 Å². The average Bonchev–Trinajstić information content (AvgIpc) is 2.84. The number of rotatable bonds is 10. The highest BCUT2D eigenvalue weighted by Crippen LogP contribution is 2.32. The lowest BCUT2D eigenvalue weighted by atomic mass is 10.0. The van der Waals surface area contributed by atoms with Crippen LogP contribution >= 0.6 is 23.4 Å². The van der Waals surface area contributed by atoms with Gasteiger partial charge in [0.15, 0.2) is 0 Å². The molecule has 3 rings (SSSR count). The highest BCUT2D eigenvalue weighted by atomic mass is 35.5. The largest absolute Gasteiger partial charge is 0.457 e. The fourth-order valence-corrected chi connectivity index (χ4v) is 7.32. The normalized spacial score (nSPS) is 12.5. The number of carbonyl (C=O) groups excluding carboxylic acids is 2. The standard InChI is InChI=1S/C29H32ClF3N2O3SSi/c1-18-15-22(38-21-11-9-20(10-12-21)29(31,32)33)13-14-25(18)35-28(37)26-23(7-6-8-24(26)30)27(36)34-19(2)16-39-17-40(3,4)5/h6-15,19H,16-17H2,1-5H3,(H,34,36)(H,35,37). The van der Waals surface area contributed by atoms with Gasteiger partial charge in [-0.15, -0.1) is 0 Å². The lowest BCUT2D eigenvalue weighted by molar-refractivity contribution is -0.137. The van der Waals surface area contributed by atoms with Crippen molar-refractivity contribution < 1.29 is 27.5 Å². The van der Waals surface area contributed by atoms with Crippen molar-refractivity contribution >= 4 is 48.9 Å². The van der Waals surface area contributed by atoms with Gasteiger partial charge in [0, 0.05) is 17.5 Å². The number of benzene rings is 3. The summed E-state index contributed by atoms with van der Waals surface area (Å²) in [5.41, 5.74) is 0.577. The van der Waals surface area contributed by atoms with Crippen LogP contribution in [0.25, 0.3) is 0 Å². The summed E-state index contributed by atoms with van der Waals surface area (Å²) in [5, 5.41) is 6.99. The lowest BCUT2D eigenvalue weighted by Gasteiger charge is -2.19. The third-order valence-corrected chi connectivity index (χ3v) is 11.0. The first-order chi connectivity index (χ1) is 18.6. The van der Waals surface area contributed by atoms with Crippen LogP contribution in [0.15, 0.2) is 60.7 Å². The molecule has 0 aromatic heterocycles. The molecule has 0 saturated heterocycles. The highest BCUT2D eigenvalue weighted by Gasteiger charge is 2.30. The Hall–Kier alpha value is -2.95. The lowest BCUT2D eigenvalue weighted by Crippen LogP contribution is -2.36. The van der Waals surface area contributed by atoms with Crippen molar-refractivity contribution in [2.45, 2.75) is 45.7 Å². The van der Waals surface area contributed by atoms with E-state index in [4.69, 9.17) is 16.3 Å². The van der Waals surface area contributed by atoms with Crippen LogP contribution in [0.4, 0.5) is 18.9 Å². The van der Waals surface area contributed by atoms with Gasteiger partial charge < -0.3 is 15.4 Å². The SMILES string of the molecule is Cc1cc(Oc2ccc(C(F)(F)F)cc2)ccc1NC(=O)c1c(Cl)cccc1C(=O)NC(C)CSC[Si](C)(C)C. The quantitative estimate of drug-likeness (QED) is 0.227. The second kappa shape index (κ2) is 13.1. The van der Waals surface area contributed by atoms with Crippen molar-refractivity contribution in [2.75, 3.05) is 16.4 Å². The maximum absolute atomic E-state index is 13.3. The summed E-state index contributed by atoms with van der Waals surface area (Å²) in [4.78, 5) is 26.3. The van der Waals surface area contributed by atoms with Crippen molar-refractivity contribution in [1.82, 2.24) is 5.32 Å². The number of halogens is 4. The van der Waals surface area contributed by atoms with Crippen LogP contribution in [0.3, 0.4) is 0 Å². The Morgan fingerprint density at radius 2 is 1.65 bits per heavy atom. The molecule has 0 heterocycles. The van der Waals surface area contributed by atoms with Gasteiger partial charge >= 0.3 is 6.18 Å². The molecule has 1 unspecified atom stereocenters. The summed E-state index contributed by atoms with van der Waals surface area (Å²) in [6, 6.07) is 13.9. The molecule has 0 spiro atoms. The molecule has 0 aliphatic carbocycles. The predicted octanol–water partition coefficient (Wildman–Crippen LogP) is 8.44. The average molecular weight is 609 g/mol. The molecule has 0 fully saturated rings. The van der Waals surface area contributed by atoms with Crippen molar-refractivity contribution in [3.63, 3.8) is 0 Å². The van der Waals surface area contributed by atoms with E-state index in [1.165, 1.54) is 12.1 Å². The molecule has 11 heteroatoms. The van der Waals surface area contributed by atoms with Crippen LogP contribution < -0.4 is 15.4 Å². The Kier molecular flexibility index (Phi) is 10.4. The Labute approximate surface area is 242 Å². The molecule has 0 bridgehead atoms. The third-order valence-electron chi connectivity index (χ3n) is 5.63. The number of anilines is 1. The molecule has 2 N–H and O–H groups in total. The van der Waals surface area contributed by atoms with E-state index in [0.29, 0.717) is 17.0 Å². The predicted molar refractivity (Wildman–Crippen MR) is 160 cm³/mol. The van der Waals surface area contributed by atoms with Gasteiger partial charge in [0.25, 0.3) is 11.8 Å². The van der Waals surface area contributed by atoms with Crippen LogP contribution in [-0.2, 0) is 6.18 Å². The van der Waals surface area contributed by atoms with Gasteiger partial charge in [-0.2, -0.15) is 24.9 Å². The Morgan fingerprint density at radius 3 is 2.25 bits per heavy atom. The van der Waals surface area contributed by atoms with Crippen molar-refractivity contribution in [2.24, 2.45) is 0 Å².